The number of hydrogen-bond acceptors (Lipinski definition) is 4. The number of nitrogens with zero attached hydrogens (tertiary/aromatic N) is 2. The van der Waals surface area contributed by atoms with Crippen molar-refractivity contribution in [2.75, 3.05) is 33.3 Å². The molecular weight excluding hydrogens is 576 g/mol. The second-order valence-corrected chi connectivity index (χ2v) is 14.7. The van der Waals surface area contributed by atoms with Gasteiger partial charge in [-0.2, -0.15) is 0 Å². The summed E-state index contributed by atoms with van der Waals surface area (Å²) >= 11 is 0. The topological polar surface area (TPSA) is 87.2 Å². The predicted octanol–water partition coefficient (Wildman–Crippen LogP) is 6.74. The lowest BCUT2D eigenvalue weighted by Gasteiger charge is -2.52. The Bertz CT molecular complexity index is 1530. The van der Waals surface area contributed by atoms with Crippen LogP contribution in [0.2, 0.25) is 0 Å². The molecule has 7 heteroatoms. The van der Waals surface area contributed by atoms with Crippen molar-refractivity contribution in [3.63, 3.8) is 0 Å². The van der Waals surface area contributed by atoms with Gasteiger partial charge >= 0.3 is 5.97 Å². The molecule has 2 aliphatic heterocycles. The van der Waals surface area contributed by atoms with Gasteiger partial charge in [-0.25, -0.2) is 4.79 Å². The number of piperidine rings is 1. The van der Waals surface area contributed by atoms with Crippen molar-refractivity contribution in [3.05, 3.63) is 89.0 Å². The SMILES string of the molecule is COC1CCC(C(=O)N2CCC(C(=O)N3CC=C4C(C)(C)C(c5ccc(C(=O)O)cc5)=CC[C@]4(C)C3)(c3ccccc3)CC2)CC1. The Kier molecular flexibility index (Phi) is 8.75. The zero-order valence-electron chi connectivity index (χ0n) is 27.8. The number of methoxy groups -OCH3 is 1. The number of aromatic carboxylic acids is 1. The third-order valence-corrected chi connectivity index (χ3v) is 11.6. The van der Waals surface area contributed by atoms with Crippen LogP contribution in [0.15, 0.2) is 72.3 Å². The molecular formula is C39H48N2O5. The Morgan fingerprint density at radius 2 is 1.50 bits per heavy atom. The number of fused-ring (bicyclic) bond motifs is 1. The molecule has 1 atom stereocenters. The number of amides is 2. The van der Waals surface area contributed by atoms with Crippen molar-refractivity contribution in [1.82, 2.24) is 9.80 Å². The number of carboxylic acids is 1. The fourth-order valence-corrected chi connectivity index (χ4v) is 8.95. The molecule has 0 spiro atoms. The van der Waals surface area contributed by atoms with E-state index in [1.807, 2.05) is 35.2 Å². The van der Waals surface area contributed by atoms with E-state index in [9.17, 15) is 19.5 Å². The van der Waals surface area contributed by atoms with Crippen molar-refractivity contribution in [1.29, 1.82) is 0 Å². The Hall–Kier alpha value is -3.71. The number of rotatable bonds is 6. The Labute approximate surface area is 273 Å². The number of carbonyl (C=O) groups is 3. The summed E-state index contributed by atoms with van der Waals surface area (Å²) < 4.78 is 5.52. The zero-order chi connectivity index (χ0) is 32.7. The third kappa shape index (κ3) is 5.72. The number of hydrogen-bond donors (Lipinski definition) is 1. The van der Waals surface area contributed by atoms with Crippen LogP contribution in [-0.2, 0) is 19.7 Å². The summed E-state index contributed by atoms with van der Waals surface area (Å²) in [6.45, 7) is 9.14. The van der Waals surface area contributed by atoms with Gasteiger partial charge in [0.15, 0.2) is 0 Å². The minimum Gasteiger partial charge on any atom is -0.478 e. The molecule has 7 nitrogen and oxygen atoms in total. The van der Waals surface area contributed by atoms with Gasteiger partial charge in [0.05, 0.1) is 17.1 Å². The first-order valence-electron chi connectivity index (χ1n) is 16.9. The van der Waals surface area contributed by atoms with E-state index < -0.39 is 11.4 Å². The summed E-state index contributed by atoms with van der Waals surface area (Å²) in [5.41, 5.74) is 3.75. The van der Waals surface area contributed by atoms with Crippen molar-refractivity contribution in [2.45, 2.75) is 77.2 Å². The molecule has 2 fully saturated rings. The van der Waals surface area contributed by atoms with E-state index in [0.29, 0.717) is 39.0 Å². The number of ether oxygens (including phenoxy) is 1. The zero-order valence-corrected chi connectivity index (χ0v) is 27.8. The molecule has 46 heavy (non-hydrogen) atoms. The number of likely N-dealkylation sites (tertiary alicyclic amines) is 1. The van der Waals surface area contributed by atoms with Gasteiger partial charge < -0.3 is 19.6 Å². The highest BCUT2D eigenvalue weighted by molar-refractivity contribution is 5.90. The third-order valence-electron chi connectivity index (χ3n) is 11.6. The van der Waals surface area contributed by atoms with E-state index in [4.69, 9.17) is 4.74 Å². The molecule has 0 radical (unpaired) electrons. The van der Waals surface area contributed by atoms with Gasteiger partial charge in [-0.05, 0) is 73.8 Å². The largest absolute Gasteiger partial charge is 0.478 e. The number of carboxylic acid groups (broad SMARTS) is 1. The molecule has 4 aliphatic rings. The lowest BCUT2D eigenvalue weighted by molar-refractivity contribution is -0.146. The molecule has 0 unspecified atom stereocenters. The van der Waals surface area contributed by atoms with Crippen LogP contribution in [0.5, 0.6) is 0 Å². The summed E-state index contributed by atoms with van der Waals surface area (Å²) in [7, 11) is 1.75. The van der Waals surface area contributed by atoms with Gasteiger partial charge in [0.2, 0.25) is 11.8 Å². The van der Waals surface area contributed by atoms with E-state index in [1.54, 1.807) is 19.2 Å². The van der Waals surface area contributed by atoms with E-state index in [1.165, 1.54) is 11.1 Å². The maximum atomic E-state index is 14.8. The summed E-state index contributed by atoms with van der Waals surface area (Å²) in [4.78, 5) is 43.8. The second-order valence-electron chi connectivity index (χ2n) is 14.7. The van der Waals surface area contributed by atoms with Crippen LogP contribution in [0.1, 0.15) is 87.2 Å². The van der Waals surface area contributed by atoms with Crippen molar-refractivity contribution in [2.24, 2.45) is 16.7 Å². The lowest BCUT2D eigenvalue weighted by Crippen LogP contribution is -2.57. The summed E-state index contributed by atoms with van der Waals surface area (Å²) in [6, 6.07) is 17.4. The van der Waals surface area contributed by atoms with Crippen LogP contribution in [0.3, 0.4) is 0 Å². The first kappa shape index (κ1) is 32.2. The first-order valence-corrected chi connectivity index (χ1v) is 16.9. The molecule has 6 rings (SSSR count). The van der Waals surface area contributed by atoms with Crippen LogP contribution in [0.4, 0.5) is 0 Å². The van der Waals surface area contributed by atoms with E-state index >= 15 is 0 Å². The Balaban J connectivity index is 1.21. The molecule has 2 aromatic carbocycles. The number of benzene rings is 2. The highest BCUT2D eigenvalue weighted by Crippen LogP contribution is 2.55. The summed E-state index contributed by atoms with van der Waals surface area (Å²) in [5.74, 6) is -0.461. The van der Waals surface area contributed by atoms with Gasteiger partial charge in [-0.3, -0.25) is 9.59 Å². The van der Waals surface area contributed by atoms with Crippen LogP contribution in [-0.4, -0.2) is 72.1 Å². The molecule has 2 aromatic rings. The van der Waals surface area contributed by atoms with Crippen molar-refractivity contribution < 1.29 is 24.2 Å². The quantitative estimate of drug-likeness (QED) is 0.360. The number of carbonyl (C=O) groups excluding carboxylic acids is 2. The van der Waals surface area contributed by atoms with Gasteiger partial charge in [0.25, 0.3) is 0 Å². The Morgan fingerprint density at radius 1 is 0.848 bits per heavy atom. The van der Waals surface area contributed by atoms with E-state index in [0.717, 1.165) is 43.2 Å². The van der Waals surface area contributed by atoms with E-state index in [2.05, 4.69) is 50.0 Å². The highest BCUT2D eigenvalue weighted by Gasteiger charge is 2.51. The van der Waals surface area contributed by atoms with Crippen LogP contribution in [0.25, 0.3) is 5.57 Å². The standard InChI is InChI=1S/C39H48N2O5/c1-37(2)32(27-10-12-29(13-11-27)35(43)44)18-20-38(3)26-41(23-19-33(37)38)36(45)39(30-8-6-5-7-9-30)21-24-40(25-22-39)34(42)28-14-16-31(46-4)17-15-28/h5-13,18-19,28,31H,14-17,20-26H2,1-4H3,(H,43,44)/t28?,31?,38-/m1/s1. The summed E-state index contributed by atoms with van der Waals surface area (Å²) in [6.07, 6.45) is 10.5. The lowest BCUT2D eigenvalue weighted by atomic mass is 9.58. The van der Waals surface area contributed by atoms with Crippen LogP contribution < -0.4 is 0 Å². The fourth-order valence-electron chi connectivity index (χ4n) is 8.95. The first-order chi connectivity index (χ1) is 22.0. The van der Waals surface area contributed by atoms with Gasteiger partial charge in [-0.15, -0.1) is 0 Å². The van der Waals surface area contributed by atoms with Crippen LogP contribution >= 0.6 is 0 Å². The highest BCUT2D eigenvalue weighted by atomic mass is 16.5. The molecule has 0 bridgehead atoms. The van der Waals surface area contributed by atoms with Crippen molar-refractivity contribution in [3.8, 4) is 0 Å². The predicted molar refractivity (Wildman–Crippen MR) is 179 cm³/mol. The molecule has 2 amide bonds. The molecule has 1 saturated heterocycles. The molecule has 1 saturated carbocycles. The van der Waals surface area contributed by atoms with Gasteiger partial charge in [0.1, 0.15) is 0 Å². The van der Waals surface area contributed by atoms with Gasteiger partial charge in [-0.1, -0.05) is 81.0 Å². The number of allylic oxidation sites excluding steroid dienone is 2. The normalized spacial score (nSPS) is 27.2. The second kappa shape index (κ2) is 12.5. The minimum absolute atomic E-state index is 0.0552. The minimum atomic E-state index is -0.925. The molecule has 2 aliphatic carbocycles. The van der Waals surface area contributed by atoms with E-state index in [-0.39, 0.29) is 40.2 Å². The molecule has 1 N–H and O–H groups in total. The maximum Gasteiger partial charge on any atom is 0.335 e. The average molecular weight is 625 g/mol. The molecule has 0 aromatic heterocycles. The Morgan fingerprint density at radius 3 is 2.11 bits per heavy atom. The maximum absolute atomic E-state index is 14.8. The molecule has 2 heterocycles. The van der Waals surface area contributed by atoms with Gasteiger partial charge in [0, 0.05) is 50.0 Å². The smallest absolute Gasteiger partial charge is 0.335 e. The average Bonchev–Trinajstić information content (AvgIpc) is 3.07. The fraction of sp³-hybridized carbons (Fsp3) is 0.513. The summed E-state index contributed by atoms with van der Waals surface area (Å²) in [5, 5.41) is 9.36. The van der Waals surface area contributed by atoms with Crippen LogP contribution in [0, 0.1) is 16.7 Å². The van der Waals surface area contributed by atoms with Crippen molar-refractivity contribution >= 4 is 23.4 Å². The monoisotopic (exact) mass is 624 g/mol. The molecule has 244 valence electrons.